The van der Waals surface area contributed by atoms with Crippen LogP contribution in [0.4, 0.5) is 0 Å². The van der Waals surface area contributed by atoms with E-state index in [1.165, 1.54) is 5.57 Å². The minimum absolute atomic E-state index is 0.0180. The highest BCUT2D eigenvalue weighted by molar-refractivity contribution is 6.31. The Morgan fingerprint density at radius 3 is 2.74 bits per heavy atom. The summed E-state index contributed by atoms with van der Waals surface area (Å²) in [6, 6.07) is 5.67. The van der Waals surface area contributed by atoms with E-state index in [9.17, 15) is 9.59 Å². The van der Waals surface area contributed by atoms with E-state index in [1.54, 1.807) is 6.20 Å². The highest BCUT2D eigenvalue weighted by Gasteiger charge is 2.34. The van der Waals surface area contributed by atoms with Gasteiger partial charge in [-0.3, -0.25) is 14.6 Å². The zero-order chi connectivity index (χ0) is 25.1. The zero-order valence-electron chi connectivity index (χ0n) is 21.2. The SMILES string of the molecule is C=CCC1CC(C)OCCC(C)=CCC(C(Cl)=Cc2ccccn2)CC(=O)CCC(C)(C)C1=O. The summed E-state index contributed by atoms with van der Waals surface area (Å²) in [5, 5.41) is 0.628. The Hall–Kier alpha value is -2.04. The molecule has 0 amide bonds. The third kappa shape index (κ3) is 9.31. The predicted molar refractivity (Wildman–Crippen MR) is 141 cm³/mol. The van der Waals surface area contributed by atoms with Gasteiger partial charge in [0.15, 0.2) is 0 Å². The van der Waals surface area contributed by atoms with Gasteiger partial charge in [0.1, 0.15) is 11.6 Å². The molecule has 5 heteroatoms. The number of aromatic nitrogens is 1. The summed E-state index contributed by atoms with van der Waals surface area (Å²) in [7, 11) is 0. The topological polar surface area (TPSA) is 56.3 Å². The van der Waals surface area contributed by atoms with Gasteiger partial charge in [-0.2, -0.15) is 0 Å². The van der Waals surface area contributed by atoms with Crippen molar-refractivity contribution in [1.82, 2.24) is 4.98 Å². The molecule has 2 rings (SSSR count). The van der Waals surface area contributed by atoms with Crippen LogP contribution in [0, 0.1) is 17.3 Å². The molecule has 2 heterocycles. The molecule has 4 nitrogen and oxygen atoms in total. The smallest absolute Gasteiger partial charge is 0.141 e. The number of allylic oxidation sites excluding steroid dienone is 3. The van der Waals surface area contributed by atoms with E-state index < -0.39 is 5.41 Å². The first kappa shape index (κ1) is 28.2. The van der Waals surface area contributed by atoms with E-state index >= 15 is 0 Å². The van der Waals surface area contributed by atoms with Crippen molar-refractivity contribution in [3.8, 4) is 0 Å². The number of hydrogen-bond acceptors (Lipinski definition) is 4. The van der Waals surface area contributed by atoms with E-state index in [-0.39, 0.29) is 29.5 Å². The average molecular weight is 486 g/mol. The Kier molecular flexibility index (Phi) is 11.4. The van der Waals surface area contributed by atoms with Gasteiger partial charge in [0.05, 0.1) is 18.4 Å². The minimum Gasteiger partial charge on any atom is -0.378 e. The Balaban J connectivity index is 2.27. The maximum Gasteiger partial charge on any atom is 0.141 e. The number of nitrogens with zero attached hydrogens (tertiary/aromatic N) is 1. The second-order valence-electron chi connectivity index (χ2n) is 10.1. The van der Waals surface area contributed by atoms with Crippen LogP contribution in [0.15, 0.2) is 53.7 Å². The lowest BCUT2D eigenvalue weighted by Crippen LogP contribution is -2.33. The van der Waals surface area contributed by atoms with Gasteiger partial charge in [-0.1, -0.05) is 49.2 Å². The molecule has 0 aromatic carbocycles. The van der Waals surface area contributed by atoms with E-state index in [0.717, 1.165) is 12.1 Å². The van der Waals surface area contributed by atoms with Gasteiger partial charge >= 0.3 is 0 Å². The van der Waals surface area contributed by atoms with E-state index in [2.05, 4.69) is 24.6 Å². The quantitative estimate of drug-likeness (QED) is 0.418. The molecule has 0 bridgehead atoms. The van der Waals surface area contributed by atoms with Crippen molar-refractivity contribution < 1.29 is 14.3 Å². The van der Waals surface area contributed by atoms with Crippen LogP contribution in [0.1, 0.15) is 78.3 Å². The largest absolute Gasteiger partial charge is 0.378 e. The lowest BCUT2D eigenvalue weighted by molar-refractivity contribution is -0.133. The number of halogens is 1. The minimum atomic E-state index is -0.584. The van der Waals surface area contributed by atoms with Crippen molar-refractivity contribution >= 4 is 29.2 Å². The maximum atomic E-state index is 13.4. The molecule has 34 heavy (non-hydrogen) atoms. The fourth-order valence-electron chi connectivity index (χ4n) is 4.37. The molecule has 0 N–H and O–H groups in total. The molecule has 0 radical (unpaired) electrons. The molecule has 3 atom stereocenters. The summed E-state index contributed by atoms with van der Waals surface area (Å²) in [6.07, 6.45) is 11.5. The molecule has 1 aromatic rings. The van der Waals surface area contributed by atoms with Gasteiger partial charge in [-0.05, 0) is 64.2 Å². The van der Waals surface area contributed by atoms with Crippen LogP contribution < -0.4 is 0 Å². The number of pyridine rings is 1. The third-order valence-electron chi connectivity index (χ3n) is 6.62. The lowest BCUT2D eigenvalue weighted by Gasteiger charge is -2.29. The first-order valence-electron chi connectivity index (χ1n) is 12.3. The van der Waals surface area contributed by atoms with Gasteiger partial charge in [-0.25, -0.2) is 0 Å². The highest BCUT2D eigenvalue weighted by atomic mass is 35.5. The van der Waals surface area contributed by atoms with E-state index in [4.69, 9.17) is 16.3 Å². The molecule has 1 aromatic heterocycles. The predicted octanol–water partition coefficient (Wildman–Crippen LogP) is 7.34. The van der Waals surface area contributed by atoms with Crippen LogP contribution in [-0.2, 0) is 14.3 Å². The van der Waals surface area contributed by atoms with Crippen molar-refractivity contribution in [3.63, 3.8) is 0 Å². The van der Waals surface area contributed by atoms with Crippen molar-refractivity contribution in [2.24, 2.45) is 17.3 Å². The molecular formula is C29H40ClNO3. The molecule has 0 fully saturated rings. The molecule has 1 aliphatic rings. The number of carbonyl (C=O) groups excluding carboxylic acids is 2. The van der Waals surface area contributed by atoms with Gasteiger partial charge in [0.2, 0.25) is 0 Å². The molecule has 0 saturated carbocycles. The molecule has 0 aliphatic carbocycles. The van der Waals surface area contributed by atoms with E-state index in [1.807, 2.05) is 51.1 Å². The summed E-state index contributed by atoms with van der Waals surface area (Å²) >= 11 is 6.71. The Bertz CT molecular complexity index is 888. The van der Waals surface area contributed by atoms with Crippen LogP contribution in [-0.4, -0.2) is 29.3 Å². The second-order valence-corrected chi connectivity index (χ2v) is 10.6. The molecule has 0 spiro atoms. The number of Topliss-reactive ketones (excluding diaryl/α,β-unsaturated/α-hetero) is 2. The van der Waals surface area contributed by atoms with E-state index in [0.29, 0.717) is 50.2 Å². The van der Waals surface area contributed by atoms with Crippen molar-refractivity contribution in [3.05, 3.63) is 59.4 Å². The monoisotopic (exact) mass is 485 g/mol. The van der Waals surface area contributed by atoms with Gasteiger partial charge in [0, 0.05) is 41.3 Å². The Morgan fingerprint density at radius 2 is 2.06 bits per heavy atom. The Morgan fingerprint density at radius 1 is 1.29 bits per heavy atom. The van der Waals surface area contributed by atoms with Gasteiger partial charge in [-0.15, -0.1) is 6.58 Å². The summed E-state index contributed by atoms with van der Waals surface area (Å²) in [5.41, 5.74) is 1.40. The van der Waals surface area contributed by atoms with Crippen LogP contribution in [0.2, 0.25) is 0 Å². The fraction of sp³-hybridized carbons (Fsp3) is 0.552. The number of rotatable bonds is 4. The number of carbonyl (C=O) groups is 2. The molecule has 0 saturated heterocycles. The van der Waals surface area contributed by atoms with Crippen molar-refractivity contribution in [1.29, 1.82) is 0 Å². The molecular weight excluding hydrogens is 446 g/mol. The summed E-state index contributed by atoms with van der Waals surface area (Å²) < 4.78 is 6.05. The zero-order valence-corrected chi connectivity index (χ0v) is 21.9. The number of hydrogen-bond donors (Lipinski definition) is 0. The van der Waals surface area contributed by atoms with Crippen molar-refractivity contribution in [2.75, 3.05) is 6.61 Å². The number of ether oxygens (including phenoxy) is 1. The summed E-state index contributed by atoms with van der Waals surface area (Å²) in [5.74, 6) is 0.0499. The van der Waals surface area contributed by atoms with Gasteiger partial charge < -0.3 is 4.74 Å². The summed E-state index contributed by atoms with van der Waals surface area (Å²) in [4.78, 5) is 30.7. The second kappa shape index (κ2) is 13.7. The standard InChI is InChI=1S/C29H40ClNO3/c1-6-9-24-18-22(3)34-17-14-21(2)11-12-23(27(30)20-25-10-7-8-16-31-25)19-26(32)13-15-29(4,5)28(24)33/h6-8,10-11,16,20,22-24H,1,9,12-15,17-19H2,2-5H3. The van der Waals surface area contributed by atoms with Crippen LogP contribution in [0.25, 0.3) is 6.08 Å². The summed E-state index contributed by atoms with van der Waals surface area (Å²) in [6.45, 7) is 12.5. The van der Waals surface area contributed by atoms with Gasteiger partial charge in [0.25, 0.3) is 0 Å². The average Bonchev–Trinajstić information content (AvgIpc) is 2.79. The normalized spacial score (nSPS) is 26.1. The molecule has 1 aliphatic heterocycles. The van der Waals surface area contributed by atoms with Crippen molar-refractivity contribution in [2.45, 2.75) is 78.7 Å². The Labute approximate surface area is 210 Å². The number of ketones is 2. The maximum absolute atomic E-state index is 13.4. The molecule has 186 valence electrons. The molecule has 3 unspecified atom stereocenters. The fourth-order valence-corrected chi connectivity index (χ4v) is 4.64. The lowest BCUT2D eigenvalue weighted by atomic mass is 9.74. The highest BCUT2D eigenvalue weighted by Crippen LogP contribution is 2.33. The first-order valence-corrected chi connectivity index (χ1v) is 12.7. The third-order valence-corrected chi connectivity index (χ3v) is 7.04. The first-order chi connectivity index (χ1) is 16.1. The van der Waals surface area contributed by atoms with Crippen LogP contribution >= 0.6 is 11.6 Å². The van der Waals surface area contributed by atoms with Crippen LogP contribution in [0.3, 0.4) is 0 Å². The van der Waals surface area contributed by atoms with Crippen LogP contribution in [0.5, 0.6) is 0 Å².